The summed E-state index contributed by atoms with van der Waals surface area (Å²) < 4.78 is 1.86. The van der Waals surface area contributed by atoms with E-state index in [4.69, 9.17) is 0 Å². The third-order valence-corrected chi connectivity index (χ3v) is 4.33. The Balaban J connectivity index is 1.71. The molecule has 1 N–H and O–H groups in total. The number of fused-ring (bicyclic) bond motifs is 1. The number of carbonyl (C=O) groups excluding carboxylic acids is 2. The van der Waals surface area contributed by atoms with Gasteiger partial charge in [-0.2, -0.15) is 0 Å². The highest BCUT2D eigenvalue weighted by Crippen LogP contribution is 2.24. The van der Waals surface area contributed by atoms with Gasteiger partial charge < -0.3 is 9.88 Å². The molecule has 0 atom stereocenters. The van der Waals surface area contributed by atoms with Gasteiger partial charge in [-0.3, -0.25) is 9.59 Å². The molecule has 120 valence electrons. The van der Waals surface area contributed by atoms with Gasteiger partial charge in [0.15, 0.2) is 5.78 Å². The standard InChI is InChI=1S/C20H18N2O2/c23-19(21-15-10-11-15)13-22-12-17(16-8-4-5-9-18(16)22)20(24)14-6-2-1-3-7-14/h1-9,12,15H,10-11,13H2,(H,21,23). The van der Waals surface area contributed by atoms with Gasteiger partial charge in [-0.25, -0.2) is 0 Å². The maximum absolute atomic E-state index is 12.8. The molecule has 1 aliphatic rings. The van der Waals surface area contributed by atoms with Gasteiger partial charge in [-0.1, -0.05) is 48.5 Å². The topological polar surface area (TPSA) is 51.1 Å². The van der Waals surface area contributed by atoms with Gasteiger partial charge in [0, 0.05) is 34.3 Å². The molecule has 0 aliphatic heterocycles. The van der Waals surface area contributed by atoms with Gasteiger partial charge in [0.05, 0.1) is 0 Å². The lowest BCUT2D eigenvalue weighted by atomic mass is 10.0. The first-order valence-corrected chi connectivity index (χ1v) is 8.19. The largest absolute Gasteiger partial charge is 0.352 e. The van der Waals surface area contributed by atoms with Crippen molar-refractivity contribution >= 4 is 22.6 Å². The van der Waals surface area contributed by atoms with Crippen LogP contribution in [0.5, 0.6) is 0 Å². The number of amides is 1. The fourth-order valence-corrected chi connectivity index (χ4v) is 2.96. The van der Waals surface area contributed by atoms with Crippen LogP contribution in [0.1, 0.15) is 28.8 Å². The van der Waals surface area contributed by atoms with E-state index in [9.17, 15) is 9.59 Å². The van der Waals surface area contributed by atoms with Crippen molar-refractivity contribution < 1.29 is 9.59 Å². The summed E-state index contributed by atoms with van der Waals surface area (Å²) in [5.74, 6) is -0.0230. The molecule has 0 unspecified atom stereocenters. The second kappa shape index (κ2) is 5.96. The van der Waals surface area contributed by atoms with E-state index in [1.165, 1.54) is 0 Å². The highest BCUT2D eigenvalue weighted by Gasteiger charge is 2.24. The molecule has 3 aromatic rings. The molecule has 1 amide bonds. The molecule has 24 heavy (non-hydrogen) atoms. The van der Waals surface area contributed by atoms with Crippen molar-refractivity contribution in [1.82, 2.24) is 9.88 Å². The lowest BCUT2D eigenvalue weighted by Gasteiger charge is -2.05. The van der Waals surface area contributed by atoms with Gasteiger partial charge in [-0.05, 0) is 18.9 Å². The molecule has 4 nitrogen and oxygen atoms in total. The number of nitrogens with one attached hydrogen (secondary N) is 1. The Kier molecular flexibility index (Phi) is 3.65. The Morgan fingerprint density at radius 3 is 2.46 bits per heavy atom. The highest BCUT2D eigenvalue weighted by atomic mass is 16.2. The number of hydrogen-bond acceptors (Lipinski definition) is 2. The van der Waals surface area contributed by atoms with Crippen LogP contribution in [-0.2, 0) is 11.3 Å². The van der Waals surface area contributed by atoms with Crippen LogP contribution in [0.2, 0.25) is 0 Å². The third kappa shape index (κ3) is 2.83. The number of para-hydroxylation sites is 1. The Labute approximate surface area is 140 Å². The molecular weight excluding hydrogens is 300 g/mol. The maximum Gasteiger partial charge on any atom is 0.240 e. The number of benzene rings is 2. The van der Waals surface area contributed by atoms with Crippen molar-refractivity contribution in [3.63, 3.8) is 0 Å². The van der Waals surface area contributed by atoms with Gasteiger partial charge in [0.2, 0.25) is 5.91 Å². The number of rotatable bonds is 5. The van der Waals surface area contributed by atoms with E-state index in [-0.39, 0.29) is 18.2 Å². The highest BCUT2D eigenvalue weighted by molar-refractivity contribution is 6.16. The SMILES string of the molecule is O=C(Cn1cc(C(=O)c2ccccc2)c2ccccc21)NC1CC1. The summed E-state index contributed by atoms with van der Waals surface area (Å²) in [5, 5.41) is 3.87. The number of hydrogen-bond donors (Lipinski definition) is 1. The summed E-state index contributed by atoms with van der Waals surface area (Å²) in [6.07, 6.45) is 3.93. The zero-order chi connectivity index (χ0) is 16.5. The van der Waals surface area contributed by atoms with Gasteiger partial charge in [-0.15, -0.1) is 0 Å². The molecule has 4 rings (SSSR count). The number of ketones is 1. The van der Waals surface area contributed by atoms with Crippen molar-refractivity contribution in [2.75, 3.05) is 0 Å². The molecule has 1 heterocycles. The normalized spacial score (nSPS) is 13.8. The predicted molar refractivity (Wildman–Crippen MR) is 93.0 cm³/mol. The first-order chi connectivity index (χ1) is 11.7. The summed E-state index contributed by atoms with van der Waals surface area (Å²) in [5.41, 5.74) is 2.20. The third-order valence-electron chi connectivity index (χ3n) is 4.33. The first kappa shape index (κ1) is 14.7. The smallest absolute Gasteiger partial charge is 0.240 e. The average Bonchev–Trinajstić information content (AvgIpc) is 3.35. The summed E-state index contributed by atoms with van der Waals surface area (Å²) in [7, 11) is 0. The summed E-state index contributed by atoms with van der Waals surface area (Å²) >= 11 is 0. The molecule has 0 bridgehead atoms. The molecule has 4 heteroatoms. The molecule has 0 spiro atoms. The van der Waals surface area contributed by atoms with E-state index in [1.807, 2.05) is 59.2 Å². The van der Waals surface area contributed by atoms with Crippen LogP contribution in [0.4, 0.5) is 0 Å². The van der Waals surface area contributed by atoms with Crippen LogP contribution in [0.15, 0.2) is 60.8 Å². The van der Waals surface area contributed by atoms with Crippen LogP contribution in [0.3, 0.4) is 0 Å². The Morgan fingerprint density at radius 2 is 1.71 bits per heavy atom. The number of carbonyl (C=O) groups is 2. The van der Waals surface area contributed by atoms with Gasteiger partial charge in [0.1, 0.15) is 6.54 Å². The second-order valence-electron chi connectivity index (χ2n) is 6.22. The van der Waals surface area contributed by atoms with Crippen molar-refractivity contribution in [1.29, 1.82) is 0 Å². The summed E-state index contributed by atoms with van der Waals surface area (Å²) in [4.78, 5) is 25.0. The summed E-state index contributed by atoms with van der Waals surface area (Å²) in [6.45, 7) is 0.235. The molecule has 0 radical (unpaired) electrons. The molecule has 2 aromatic carbocycles. The Hall–Kier alpha value is -2.88. The van der Waals surface area contributed by atoms with Crippen LogP contribution >= 0.6 is 0 Å². The van der Waals surface area contributed by atoms with Crippen LogP contribution < -0.4 is 5.32 Å². The summed E-state index contributed by atoms with van der Waals surface area (Å²) in [6, 6.07) is 17.3. The predicted octanol–water partition coefficient (Wildman–Crippen LogP) is 3.15. The van der Waals surface area contributed by atoms with E-state index in [2.05, 4.69) is 5.32 Å². The fourth-order valence-electron chi connectivity index (χ4n) is 2.96. The lowest BCUT2D eigenvalue weighted by molar-refractivity contribution is -0.121. The number of nitrogens with zero attached hydrogens (tertiary/aromatic N) is 1. The molecule has 1 aliphatic carbocycles. The molecule has 1 fully saturated rings. The fraction of sp³-hybridized carbons (Fsp3) is 0.200. The lowest BCUT2D eigenvalue weighted by Crippen LogP contribution is -2.29. The van der Waals surface area contributed by atoms with Crippen molar-refractivity contribution in [2.45, 2.75) is 25.4 Å². The van der Waals surface area contributed by atoms with E-state index in [0.717, 1.165) is 23.7 Å². The minimum atomic E-state index is -0.0202. The van der Waals surface area contributed by atoms with Crippen molar-refractivity contribution in [2.24, 2.45) is 0 Å². The molecule has 1 aromatic heterocycles. The molecular formula is C20H18N2O2. The van der Waals surface area contributed by atoms with E-state index >= 15 is 0 Å². The van der Waals surface area contributed by atoms with Gasteiger partial charge in [0.25, 0.3) is 0 Å². The number of aromatic nitrogens is 1. The van der Waals surface area contributed by atoms with Crippen LogP contribution in [0, 0.1) is 0 Å². The van der Waals surface area contributed by atoms with Gasteiger partial charge >= 0.3 is 0 Å². The molecule has 0 saturated heterocycles. The molecule has 1 saturated carbocycles. The van der Waals surface area contributed by atoms with Crippen molar-refractivity contribution in [3.05, 3.63) is 71.9 Å². The zero-order valence-electron chi connectivity index (χ0n) is 13.2. The minimum Gasteiger partial charge on any atom is -0.352 e. The monoisotopic (exact) mass is 318 g/mol. The van der Waals surface area contributed by atoms with E-state index in [0.29, 0.717) is 17.2 Å². The van der Waals surface area contributed by atoms with Crippen LogP contribution in [0.25, 0.3) is 10.9 Å². The van der Waals surface area contributed by atoms with E-state index in [1.54, 1.807) is 6.20 Å². The first-order valence-electron chi connectivity index (χ1n) is 8.19. The maximum atomic E-state index is 12.8. The second-order valence-corrected chi connectivity index (χ2v) is 6.22. The van der Waals surface area contributed by atoms with E-state index < -0.39 is 0 Å². The quantitative estimate of drug-likeness (QED) is 0.735. The average molecular weight is 318 g/mol. The Bertz CT molecular complexity index is 908. The van der Waals surface area contributed by atoms with Crippen LogP contribution in [-0.4, -0.2) is 22.3 Å². The Morgan fingerprint density at radius 1 is 1.00 bits per heavy atom. The minimum absolute atomic E-state index is 0.00281. The zero-order valence-corrected chi connectivity index (χ0v) is 13.2. The van der Waals surface area contributed by atoms with Crippen molar-refractivity contribution in [3.8, 4) is 0 Å².